The Kier molecular flexibility index (Phi) is 4.99. The van der Waals surface area contributed by atoms with Gasteiger partial charge in [0.05, 0.1) is 13.2 Å². The van der Waals surface area contributed by atoms with Crippen molar-refractivity contribution in [1.82, 2.24) is 4.90 Å². The minimum atomic E-state index is 0.00722. The predicted molar refractivity (Wildman–Crippen MR) is 60.7 cm³/mol. The van der Waals surface area contributed by atoms with Crippen molar-refractivity contribution in [3.63, 3.8) is 0 Å². The zero-order valence-corrected chi connectivity index (χ0v) is 9.91. The molecular formula is C11H24N2O2. The van der Waals surface area contributed by atoms with E-state index in [-0.39, 0.29) is 18.1 Å². The molecule has 90 valence electrons. The van der Waals surface area contributed by atoms with Gasteiger partial charge in [-0.05, 0) is 19.9 Å². The molecule has 0 aromatic carbocycles. The van der Waals surface area contributed by atoms with Gasteiger partial charge in [0.1, 0.15) is 0 Å². The van der Waals surface area contributed by atoms with E-state index in [4.69, 9.17) is 10.5 Å². The van der Waals surface area contributed by atoms with Gasteiger partial charge in [-0.25, -0.2) is 0 Å². The lowest BCUT2D eigenvalue weighted by molar-refractivity contribution is -0.0494. The lowest BCUT2D eigenvalue weighted by atomic mass is 9.81. The molecule has 0 radical (unpaired) electrons. The van der Waals surface area contributed by atoms with Gasteiger partial charge < -0.3 is 15.6 Å². The van der Waals surface area contributed by atoms with Crippen LogP contribution in [0.3, 0.4) is 0 Å². The Morgan fingerprint density at radius 1 is 1.47 bits per heavy atom. The number of morpholine rings is 1. The van der Waals surface area contributed by atoms with Gasteiger partial charge in [0.25, 0.3) is 0 Å². The van der Waals surface area contributed by atoms with Crippen LogP contribution in [-0.2, 0) is 4.74 Å². The Morgan fingerprint density at radius 2 is 2.07 bits per heavy atom. The Labute approximate surface area is 92.4 Å². The molecule has 1 aliphatic heterocycles. The van der Waals surface area contributed by atoms with Crippen molar-refractivity contribution < 1.29 is 9.84 Å². The molecule has 2 atom stereocenters. The third kappa shape index (κ3) is 2.69. The van der Waals surface area contributed by atoms with Crippen LogP contribution in [0.2, 0.25) is 0 Å². The summed E-state index contributed by atoms with van der Waals surface area (Å²) in [4.78, 5) is 2.41. The van der Waals surface area contributed by atoms with Crippen LogP contribution in [0.15, 0.2) is 0 Å². The van der Waals surface area contributed by atoms with Gasteiger partial charge in [0.2, 0.25) is 0 Å². The van der Waals surface area contributed by atoms with E-state index in [1.54, 1.807) is 0 Å². The molecule has 0 aliphatic carbocycles. The minimum absolute atomic E-state index is 0.00722. The Hall–Kier alpha value is -0.160. The van der Waals surface area contributed by atoms with Crippen LogP contribution >= 0.6 is 0 Å². The maximum atomic E-state index is 9.39. The third-order valence-electron chi connectivity index (χ3n) is 3.83. The number of hydrogen-bond acceptors (Lipinski definition) is 4. The maximum Gasteiger partial charge on any atom is 0.0594 e. The van der Waals surface area contributed by atoms with Crippen LogP contribution in [0.25, 0.3) is 0 Å². The highest BCUT2D eigenvalue weighted by Gasteiger charge is 2.37. The molecule has 4 nitrogen and oxygen atoms in total. The first kappa shape index (κ1) is 12.9. The molecule has 0 aromatic rings. The molecule has 0 saturated carbocycles. The van der Waals surface area contributed by atoms with E-state index in [0.717, 1.165) is 32.7 Å². The lowest BCUT2D eigenvalue weighted by Gasteiger charge is -2.47. The molecule has 1 rings (SSSR count). The molecule has 4 heteroatoms. The quantitative estimate of drug-likeness (QED) is 0.682. The summed E-state index contributed by atoms with van der Waals surface area (Å²) >= 11 is 0. The van der Waals surface area contributed by atoms with Gasteiger partial charge >= 0.3 is 0 Å². The molecule has 1 heterocycles. The van der Waals surface area contributed by atoms with Crippen molar-refractivity contribution in [2.45, 2.75) is 25.8 Å². The van der Waals surface area contributed by atoms with Crippen molar-refractivity contribution in [2.75, 3.05) is 39.5 Å². The molecule has 0 aromatic heterocycles. The SMILES string of the molecule is CC[C@](C)([C@H](CN)CO)N1CCOCC1. The summed E-state index contributed by atoms with van der Waals surface area (Å²) in [5.41, 5.74) is 5.74. The van der Waals surface area contributed by atoms with Crippen LogP contribution in [0, 0.1) is 5.92 Å². The average molecular weight is 216 g/mol. The Morgan fingerprint density at radius 3 is 2.47 bits per heavy atom. The van der Waals surface area contributed by atoms with E-state index in [1.165, 1.54) is 0 Å². The van der Waals surface area contributed by atoms with Crippen LogP contribution in [0.5, 0.6) is 0 Å². The fraction of sp³-hybridized carbons (Fsp3) is 1.00. The van der Waals surface area contributed by atoms with E-state index in [0.29, 0.717) is 6.54 Å². The summed E-state index contributed by atoms with van der Waals surface area (Å²) in [5, 5.41) is 9.39. The molecule has 3 N–H and O–H groups in total. The molecule has 0 unspecified atom stereocenters. The van der Waals surface area contributed by atoms with E-state index in [9.17, 15) is 5.11 Å². The monoisotopic (exact) mass is 216 g/mol. The second-order valence-corrected chi connectivity index (χ2v) is 4.43. The highest BCUT2D eigenvalue weighted by molar-refractivity contribution is 4.92. The predicted octanol–water partition coefficient (Wildman–Crippen LogP) is 0.0545. The molecule has 0 bridgehead atoms. The number of nitrogens with zero attached hydrogens (tertiary/aromatic N) is 1. The van der Waals surface area contributed by atoms with E-state index in [2.05, 4.69) is 18.7 Å². The smallest absolute Gasteiger partial charge is 0.0594 e. The molecule has 1 saturated heterocycles. The lowest BCUT2D eigenvalue weighted by Crippen LogP contribution is -2.57. The molecule has 1 fully saturated rings. The van der Waals surface area contributed by atoms with Crippen LogP contribution in [-0.4, -0.2) is 55.0 Å². The highest BCUT2D eigenvalue weighted by atomic mass is 16.5. The van der Waals surface area contributed by atoms with E-state index >= 15 is 0 Å². The molecule has 15 heavy (non-hydrogen) atoms. The Bertz CT molecular complexity index is 179. The fourth-order valence-electron chi connectivity index (χ4n) is 2.37. The Balaban J connectivity index is 2.71. The number of aliphatic hydroxyl groups excluding tert-OH is 1. The largest absolute Gasteiger partial charge is 0.396 e. The topological polar surface area (TPSA) is 58.7 Å². The van der Waals surface area contributed by atoms with Crippen molar-refractivity contribution >= 4 is 0 Å². The van der Waals surface area contributed by atoms with E-state index in [1.807, 2.05) is 0 Å². The number of ether oxygens (including phenoxy) is 1. The van der Waals surface area contributed by atoms with Gasteiger partial charge in [-0.1, -0.05) is 6.92 Å². The summed E-state index contributed by atoms with van der Waals surface area (Å²) in [6.45, 7) is 8.54. The normalized spacial score (nSPS) is 24.8. The second-order valence-electron chi connectivity index (χ2n) is 4.43. The summed E-state index contributed by atoms with van der Waals surface area (Å²) in [5.74, 6) is 0.153. The molecule has 0 spiro atoms. The maximum absolute atomic E-state index is 9.39. The molecule has 1 aliphatic rings. The standard InChI is InChI=1S/C11H24N2O2/c1-3-11(2,10(8-12)9-14)13-4-6-15-7-5-13/h10,14H,3-9,12H2,1-2H3/t10-,11-/m1/s1. The number of rotatable bonds is 5. The van der Waals surface area contributed by atoms with Gasteiger partial charge in [0, 0.05) is 31.2 Å². The summed E-state index contributed by atoms with van der Waals surface area (Å²) in [7, 11) is 0. The van der Waals surface area contributed by atoms with Crippen LogP contribution in [0.1, 0.15) is 20.3 Å². The number of aliphatic hydroxyl groups is 1. The van der Waals surface area contributed by atoms with Gasteiger partial charge in [0.15, 0.2) is 0 Å². The zero-order valence-electron chi connectivity index (χ0n) is 9.91. The van der Waals surface area contributed by atoms with Gasteiger partial charge in [-0.3, -0.25) is 4.90 Å². The fourth-order valence-corrected chi connectivity index (χ4v) is 2.37. The summed E-state index contributed by atoms with van der Waals surface area (Å²) < 4.78 is 5.35. The van der Waals surface area contributed by atoms with Crippen LogP contribution < -0.4 is 5.73 Å². The number of hydrogen-bond donors (Lipinski definition) is 2. The molecule has 0 amide bonds. The highest BCUT2D eigenvalue weighted by Crippen LogP contribution is 2.28. The van der Waals surface area contributed by atoms with Gasteiger partial charge in [-0.2, -0.15) is 0 Å². The molecular weight excluding hydrogens is 192 g/mol. The first-order valence-corrected chi connectivity index (χ1v) is 5.82. The van der Waals surface area contributed by atoms with E-state index < -0.39 is 0 Å². The number of nitrogens with two attached hydrogens (primary N) is 1. The zero-order chi connectivity index (χ0) is 11.3. The third-order valence-corrected chi connectivity index (χ3v) is 3.83. The average Bonchev–Trinajstić information content (AvgIpc) is 2.31. The first-order chi connectivity index (χ1) is 7.19. The van der Waals surface area contributed by atoms with Crippen molar-refractivity contribution in [3.05, 3.63) is 0 Å². The van der Waals surface area contributed by atoms with Crippen molar-refractivity contribution in [1.29, 1.82) is 0 Å². The van der Waals surface area contributed by atoms with Crippen molar-refractivity contribution in [3.8, 4) is 0 Å². The van der Waals surface area contributed by atoms with Crippen LogP contribution in [0.4, 0.5) is 0 Å². The summed E-state index contributed by atoms with van der Waals surface area (Å²) in [6, 6.07) is 0. The first-order valence-electron chi connectivity index (χ1n) is 5.82. The second kappa shape index (κ2) is 5.80. The van der Waals surface area contributed by atoms with Gasteiger partial charge in [-0.15, -0.1) is 0 Å². The minimum Gasteiger partial charge on any atom is -0.396 e. The summed E-state index contributed by atoms with van der Waals surface area (Å²) in [6.07, 6.45) is 1.01. The van der Waals surface area contributed by atoms with Crippen molar-refractivity contribution in [2.24, 2.45) is 11.7 Å².